The second-order valence-corrected chi connectivity index (χ2v) is 9.42. The number of hydrogen-bond donors (Lipinski definition) is 1. The summed E-state index contributed by atoms with van der Waals surface area (Å²) in [4.78, 5) is 12.3. The Morgan fingerprint density at radius 3 is 2.55 bits per heavy atom. The minimum absolute atomic E-state index is 0.00913. The van der Waals surface area contributed by atoms with Gasteiger partial charge in [-0.1, -0.05) is 19.4 Å². The number of unbranched alkanes of at least 4 members (excludes halogenated alkanes) is 1. The second-order valence-electron chi connectivity index (χ2n) is 7.33. The average Bonchev–Trinajstić information content (AvgIpc) is 2.72. The Morgan fingerprint density at radius 2 is 1.93 bits per heavy atom. The Morgan fingerprint density at radius 1 is 1.21 bits per heavy atom. The zero-order valence-corrected chi connectivity index (χ0v) is 18.6. The van der Waals surface area contributed by atoms with E-state index < -0.39 is 10.0 Å². The standard InChI is InChI=1S/C21H34N2O5S/c1-4-6-15-29(25,26)23-13-11-18(12-14-23)22-21(24)10-8-17-7-9-19(28-5-2)20(16-17)27-3/h7,9,16,18H,4-6,8,10-15H2,1-3H3,(H,22,24). The van der Waals surface area contributed by atoms with Gasteiger partial charge in [-0.05, 0) is 50.3 Å². The molecule has 1 aromatic carbocycles. The number of aryl methyl sites for hydroxylation is 1. The fraction of sp³-hybridized carbons (Fsp3) is 0.667. The molecule has 0 atom stereocenters. The molecule has 29 heavy (non-hydrogen) atoms. The van der Waals surface area contributed by atoms with E-state index in [0.717, 1.165) is 12.0 Å². The van der Waals surface area contributed by atoms with E-state index in [1.165, 1.54) is 0 Å². The molecule has 0 aliphatic carbocycles. The summed E-state index contributed by atoms with van der Waals surface area (Å²) < 4.78 is 37.0. The molecule has 0 radical (unpaired) electrons. The van der Waals surface area contributed by atoms with Crippen molar-refractivity contribution < 1.29 is 22.7 Å². The molecular formula is C21H34N2O5S. The van der Waals surface area contributed by atoms with Crippen LogP contribution in [0.4, 0.5) is 0 Å². The zero-order valence-electron chi connectivity index (χ0n) is 17.8. The number of rotatable bonds is 11. The second kappa shape index (κ2) is 11.4. The van der Waals surface area contributed by atoms with E-state index >= 15 is 0 Å². The van der Waals surface area contributed by atoms with Gasteiger partial charge in [0.1, 0.15) is 0 Å². The number of piperidine rings is 1. The highest BCUT2D eigenvalue weighted by atomic mass is 32.2. The molecule has 1 saturated heterocycles. The molecule has 1 N–H and O–H groups in total. The lowest BCUT2D eigenvalue weighted by Gasteiger charge is -2.31. The summed E-state index contributed by atoms with van der Waals surface area (Å²) >= 11 is 0. The number of ether oxygens (including phenoxy) is 2. The third-order valence-corrected chi connectivity index (χ3v) is 7.09. The lowest BCUT2D eigenvalue weighted by atomic mass is 10.1. The van der Waals surface area contributed by atoms with E-state index in [4.69, 9.17) is 9.47 Å². The molecule has 164 valence electrons. The maximum Gasteiger partial charge on any atom is 0.220 e. The van der Waals surface area contributed by atoms with Crippen LogP contribution in [0, 0.1) is 0 Å². The molecule has 1 fully saturated rings. The average molecular weight is 427 g/mol. The van der Waals surface area contributed by atoms with Crippen molar-refractivity contribution in [1.82, 2.24) is 9.62 Å². The zero-order chi connectivity index (χ0) is 21.3. The summed E-state index contributed by atoms with van der Waals surface area (Å²) in [5, 5.41) is 3.05. The van der Waals surface area contributed by atoms with Crippen LogP contribution in [-0.2, 0) is 21.2 Å². The summed E-state index contributed by atoms with van der Waals surface area (Å²) in [6, 6.07) is 5.75. The van der Waals surface area contributed by atoms with Crippen LogP contribution in [-0.4, -0.2) is 57.2 Å². The summed E-state index contributed by atoms with van der Waals surface area (Å²) in [6.45, 7) is 5.43. The van der Waals surface area contributed by atoms with Crippen molar-refractivity contribution in [2.24, 2.45) is 0 Å². The first-order chi connectivity index (χ1) is 13.9. The number of amides is 1. The van der Waals surface area contributed by atoms with Crippen LogP contribution < -0.4 is 14.8 Å². The molecule has 1 aliphatic heterocycles. The third-order valence-electron chi connectivity index (χ3n) is 5.14. The van der Waals surface area contributed by atoms with E-state index in [9.17, 15) is 13.2 Å². The van der Waals surface area contributed by atoms with Gasteiger partial charge in [0.05, 0.1) is 19.5 Å². The van der Waals surface area contributed by atoms with Crippen molar-refractivity contribution in [2.45, 2.75) is 58.4 Å². The molecule has 1 amide bonds. The summed E-state index contributed by atoms with van der Waals surface area (Å²) in [5.74, 6) is 1.57. The summed E-state index contributed by atoms with van der Waals surface area (Å²) in [5.41, 5.74) is 1.01. The number of nitrogens with zero attached hydrogens (tertiary/aromatic N) is 1. The topological polar surface area (TPSA) is 84.9 Å². The minimum atomic E-state index is -3.16. The Hall–Kier alpha value is -1.80. The summed E-state index contributed by atoms with van der Waals surface area (Å²) in [6.07, 6.45) is 3.87. The predicted molar refractivity (Wildman–Crippen MR) is 114 cm³/mol. The molecule has 0 bridgehead atoms. The molecule has 8 heteroatoms. The van der Waals surface area contributed by atoms with Crippen molar-refractivity contribution in [1.29, 1.82) is 0 Å². The maximum absolute atomic E-state index is 12.3. The molecule has 0 aromatic heterocycles. The highest BCUT2D eigenvalue weighted by molar-refractivity contribution is 7.89. The Bertz CT molecular complexity index is 758. The molecule has 1 aromatic rings. The fourth-order valence-electron chi connectivity index (χ4n) is 3.43. The number of nitrogens with one attached hydrogen (secondary N) is 1. The van der Waals surface area contributed by atoms with Gasteiger partial charge in [-0.25, -0.2) is 12.7 Å². The van der Waals surface area contributed by atoms with Crippen LogP contribution >= 0.6 is 0 Å². The first-order valence-electron chi connectivity index (χ1n) is 10.5. The third kappa shape index (κ3) is 7.19. The quantitative estimate of drug-likeness (QED) is 0.588. The lowest BCUT2D eigenvalue weighted by Crippen LogP contribution is -2.47. The highest BCUT2D eigenvalue weighted by Crippen LogP contribution is 2.28. The van der Waals surface area contributed by atoms with Crippen molar-refractivity contribution in [2.75, 3.05) is 32.6 Å². The minimum Gasteiger partial charge on any atom is -0.493 e. The van der Waals surface area contributed by atoms with E-state index in [2.05, 4.69) is 5.32 Å². The van der Waals surface area contributed by atoms with Crippen LogP contribution in [0.1, 0.15) is 51.5 Å². The van der Waals surface area contributed by atoms with Crippen molar-refractivity contribution >= 4 is 15.9 Å². The van der Waals surface area contributed by atoms with Crippen molar-refractivity contribution in [3.63, 3.8) is 0 Å². The fourth-order valence-corrected chi connectivity index (χ4v) is 5.11. The van der Waals surface area contributed by atoms with E-state index in [1.54, 1.807) is 11.4 Å². The van der Waals surface area contributed by atoms with Gasteiger partial charge in [0.15, 0.2) is 11.5 Å². The largest absolute Gasteiger partial charge is 0.493 e. The number of hydrogen-bond acceptors (Lipinski definition) is 5. The van der Waals surface area contributed by atoms with Crippen LogP contribution in [0.25, 0.3) is 0 Å². The van der Waals surface area contributed by atoms with Gasteiger partial charge in [-0.15, -0.1) is 0 Å². The first kappa shape index (κ1) is 23.5. The Labute approximate surface area is 174 Å². The van der Waals surface area contributed by atoms with Crippen molar-refractivity contribution in [3.8, 4) is 11.5 Å². The molecular weight excluding hydrogens is 392 g/mol. The van der Waals surface area contributed by atoms with Gasteiger partial charge in [-0.2, -0.15) is 0 Å². The van der Waals surface area contributed by atoms with Gasteiger partial charge < -0.3 is 14.8 Å². The van der Waals surface area contributed by atoms with Crippen LogP contribution in [0.3, 0.4) is 0 Å². The molecule has 1 heterocycles. The van der Waals surface area contributed by atoms with Crippen molar-refractivity contribution in [3.05, 3.63) is 23.8 Å². The molecule has 0 spiro atoms. The monoisotopic (exact) mass is 426 g/mol. The molecule has 1 aliphatic rings. The van der Waals surface area contributed by atoms with E-state index in [-0.39, 0.29) is 17.7 Å². The van der Waals surface area contributed by atoms with E-state index in [1.807, 2.05) is 32.0 Å². The van der Waals surface area contributed by atoms with Gasteiger partial charge >= 0.3 is 0 Å². The normalized spacial score (nSPS) is 15.8. The summed E-state index contributed by atoms with van der Waals surface area (Å²) in [7, 11) is -1.56. The van der Waals surface area contributed by atoms with Crippen LogP contribution in [0.2, 0.25) is 0 Å². The number of sulfonamides is 1. The van der Waals surface area contributed by atoms with Gasteiger partial charge in [0.2, 0.25) is 15.9 Å². The lowest BCUT2D eigenvalue weighted by molar-refractivity contribution is -0.122. The number of methoxy groups -OCH3 is 1. The maximum atomic E-state index is 12.3. The number of benzene rings is 1. The molecule has 2 rings (SSSR count). The van der Waals surface area contributed by atoms with E-state index in [0.29, 0.717) is 63.3 Å². The molecule has 0 unspecified atom stereocenters. The Kier molecular flexibility index (Phi) is 9.23. The Balaban J connectivity index is 1.78. The highest BCUT2D eigenvalue weighted by Gasteiger charge is 2.28. The number of carbonyl (C=O) groups is 1. The van der Waals surface area contributed by atoms with Gasteiger partial charge in [0.25, 0.3) is 0 Å². The van der Waals surface area contributed by atoms with Crippen LogP contribution in [0.15, 0.2) is 18.2 Å². The predicted octanol–water partition coefficient (Wildman–Crippen LogP) is 2.74. The van der Waals surface area contributed by atoms with Crippen LogP contribution in [0.5, 0.6) is 11.5 Å². The van der Waals surface area contributed by atoms with Gasteiger partial charge in [0, 0.05) is 25.6 Å². The number of carbonyl (C=O) groups excluding carboxylic acids is 1. The van der Waals surface area contributed by atoms with Gasteiger partial charge in [-0.3, -0.25) is 4.79 Å². The SMILES string of the molecule is CCCCS(=O)(=O)N1CCC(NC(=O)CCc2ccc(OCC)c(OC)c2)CC1. The first-order valence-corrected chi connectivity index (χ1v) is 12.1. The molecule has 7 nitrogen and oxygen atoms in total. The smallest absolute Gasteiger partial charge is 0.220 e. The molecule has 0 saturated carbocycles.